The minimum atomic E-state index is -0.259. The third-order valence-electron chi connectivity index (χ3n) is 8.91. The van der Waals surface area contributed by atoms with Crippen LogP contribution in [0.15, 0.2) is 42.6 Å². The fourth-order valence-electron chi connectivity index (χ4n) is 6.35. The second-order valence-electron chi connectivity index (χ2n) is 11.7. The van der Waals surface area contributed by atoms with Crippen LogP contribution in [0.5, 0.6) is 0 Å². The van der Waals surface area contributed by atoms with Gasteiger partial charge in [-0.3, -0.25) is 4.79 Å². The van der Waals surface area contributed by atoms with Crippen molar-refractivity contribution in [1.29, 1.82) is 0 Å². The Morgan fingerprint density at radius 2 is 1.64 bits per heavy atom. The number of piperidine rings is 1. The lowest BCUT2D eigenvalue weighted by atomic mass is 10.1. The number of rotatable bonds is 6. The molecule has 0 aliphatic carbocycles. The molecule has 0 bridgehead atoms. The van der Waals surface area contributed by atoms with Gasteiger partial charge in [0.2, 0.25) is 5.95 Å². The van der Waals surface area contributed by atoms with E-state index in [4.69, 9.17) is 19.7 Å². The van der Waals surface area contributed by atoms with Crippen molar-refractivity contribution >= 4 is 23.5 Å². The SMILES string of the molecule is COC1CCN(C(=O)c2cnc(N3CCN(c4cc(-c5ccc(F)cc5)nc(N5CCCC5C)n4)CC3)c(C)c2)CC1. The quantitative estimate of drug-likeness (QED) is 0.425. The Balaban J connectivity index is 1.16. The third-order valence-corrected chi connectivity index (χ3v) is 8.91. The van der Waals surface area contributed by atoms with Crippen molar-refractivity contribution in [1.82, 2.24) is 19.9 Å². The average molecular weight is 574 g/mol. The van der Waals surface area contributed by atoms with Gasteiger partial charge in [-0.1, -0.05) is 0 Å². The molecule has 222 valence electrons. The van der Waals surface area contributed by atoms with E-state index in [2.05, 4.69) is 21.6 Å². The minimum Gasteiger partial charge on any atom is -0.381 e. The molecule has 6 rings (SSSR count). The molecule has 3 aromatic rings. The summed E-state index contributed by atoms with van der Waals surface area (Å²) in [4.78, 5) is 36.6. The number of pyridine rings is 1. The summed E-state index contributed by atoms with van der Waals surface area (Å²) in [6.45, 7) is 9.76. The van der Waals surface area contributed by atoms with Gasteiger partial charge in [-0.25, -0.2) is 14.4 Å². The molecule has 9 nitrogen and oxygen atoms in total. The lowest BCUT2D eigenvalue weighted by Crippen LogP contribution is -2.47. The molecule has 10 heteroatoms. The van der Waals surface area contributed by atoms with Crippen LogP contribution < -0.4 is 14.7 Å². The Hall–Kier alpha value is -3.79. The Morgan fingerprint density at radius 1 is 0.929 bits per heavy atom. The van der Waals surface area contributed by atoms with Gasteiger partial charge in [0.1, 0.15) is 17.5 Å². The predicted molar refractivity (Wildman–Crippen MR) is 163 cm³/mol. The first kappa shape index (κ1) is 28.3. The van der Waals surface area contributed by atoms with Gasteiger partial charge in [0.25, 0.3) is 5.91 Å². The van der Waals surface area contributed by atoms with E-state index in [0.717, 1.165) is 92.8 Å². The summed E-state index contributed by atoms with van der Waals surface area (Å²) in [5, 5.41) is 0. The molecule has 1 aromatic carbocycles. The normalized spacial score (nSPS) is 20.0. The second-order valence-corrected chi connectivity index (χ2v) is 11.7. The molecule has 1 atom stereocenters. The summed E-state index contributed by atoms with van der Waals surface area (Å²) < 4.78 is 19.1. The summed E-state index contributed by atoms with van der Waals surface area (Å²) in [5.74, 6) is 2.33. The van der Waals surface area contributed by atoms with Crippen molar-refractivity contribution in [2.75, 3.05) is 67.6 Å². The predicted octanol–water partition coefficient (Wildman–Crippen LogP) is 4.55. The molecule has 3 fully saturated rings. The number of methoxy groups -OCH3 is 1. The highest BCUT2D eigenvalue weighted by atomic mass is 19.1. The number of carbonyl (C=O) groups excluding carboxylic acids is 1. The number of hydrogen-bond acceptors (Lipinski definition) is 8. The van der Waals surface area contributed by atoms with Crippen molar-refractivity contribution in [3.05, 3.63) is 59.5 Å². The summed E-state index contributed by atoms with van der Waals surface area (Å²) in [5.41, 5.74) is 3.33. The Morgan fingerprint density at radius 3 is 2.29 bits per heavy atom. The molecule has 1 amide bonds. The van der Waals surface area contributed by atoms with Gasteiger partial charge in [-0.05, 0) is 75.4 Å². The summed E-state index contributed by atoms with van der Waals surface area (Å²) >= 11 is 0. The molecular weight excluding hydrogens is 533 g/mol. The summed E-state index contributed by atoms with van der Waals surface area (Å²) in [7, 11) is 1.74. The number of aryl methyl sites for hydroxylation is 1. The molecule has 1 unspecified atom stereocenters. The lowest BCUT2D eigenvalue weighted by Gasteiger charge is -2.37. The van der Waals surface area contributed by atoms with E-state index < -0.39 is 0 Å². The van der Waals surface area contributed by atoms with Crippen LogP contribution in [0.25, 0.3) is 11.3 Å². The number of benzene rings is 1. The molecule has 0 saturated carbocycles. The van der Waals surface area contributed by atoms with Crippen LogP contribution in [0, 0.1) is 12.7 Å². The second kappa shape index (κ2) is 12.2. The fraction of sp³-hybridized carbons (Fsp3) is 0.500. The molecule has 2 aromatic heterocycles. The number of nitrogens with zero attached hydrogens (tertiary/aromatic N) is 7. The van der Waals surface area contributed by atoms with Crippen molar-refractivity contribution in [3.63, 3.8) is 0 Å². The molecule has 0 radical (unpaired) electrons. The monoisotopic (exact) mass is 573 g/mol. The van der Waals surface area contributed by atoms with Gasteiger partial charge in [-0.2, -0.15) is 4.98 Å². The Kier molecular flexibility index (Phi) is 8.24. The van der Waals surface area contributed by atoms with Crippen molar-refractivity contribution in [3.8, 4) is 11.3 Å². The topological polar surface area (TPSA) is 77.9 Å². The van der Waals surface area contributed by atoms with Gasteiger partial charge in [0.05, 0.1) is 17.4 Å². The summed E-state index contributed by atoms with van der Waals surface area (Å²) in [6.07, 6.45) is 5.95. The average Bonchev–Trinajstić information content (AvgIpc) is 3.46. The highest BCUT2D eigenvalue weighted by Crippen LogP contribution is 2.30. The minimum absolute atomic E-state index is 0.0420. The number of halogens is 1. The van der Waals surface area contributed by atoms with Crippen LogP contribution in [-0.4, -0.2) is 90.8 Å². The van der Waals surface area contributed by atoms with E-state index in [9.17, 15) is 9.18 Å². The fourth-order valence-corrected chi connectivity index (χ4v) is 6.35. The number of anilines is 3. The maximum absolute atomic E-state index is 13.6. The number of hydrogen-bond donors (Lipinski definition) is 0. The van der Waals surface area contributed by atoms with Crippen molar-refractivity contribution in [2.45, 2.75) is 51.7 Å². The van der Waals surface area contributed by atoms with E-state index >= 15 is 0 Å². The Bertz CT molecular complexity index is 1400. The van der Waals surface area contributed by atoms with E-state index in [1.807, 2.05) is 24.0 Å². The maximum Gasteiger partial charge on any atom is 0.255 e. The number of carbonyl (C=O) groups is 1. The third kappa shape index (κ3) is 5.90. The van der Waals surface area contributed by atoms with E-state index in [-0.39, 0.29) is 17.8 Å². The zero-order valence-corrected chi connectivity index (χ0v) is 24.8. The zero-order valence-electron chi connectivity index (χ0n) is 24.8. The molecule has 5 heterocycles. The molecule has 3 aliphatic rings. The van der Waals surface area contributed by atoms with Gasteiger partial charge in [-0.15, -0.1) is 0 Å². The van der Waals surface area contributed by atoms with Gasteiger partial charge >= 0.3 is 0 Å². The molecule has 3 aliphatic heterocycles. The first-order valence-corrected chi connectivity index (χ1v) is 15.1. The van der Waals surface area contributed by atoms with Crippen LogP contribution >= 0.6 is 0 Å². The maximum atomic E-state index is 13.6. The number of ether oxygens (including phenoxy) is 1. The lowest BCUT2D eigenvalue weighted by molar-refractivity contribution is 0.0350. The van der Waals surface area contributed by atoms with Crippen LogP contribution in [0.2, 0.25) is 0 Å². The number of amides is 1. The molecular formula is C32H40FN7O2. The van der Waals surface area contributed by atoms with Crippen LogP contribution in [0.3, 0.4) is 0 Å². The van der Waals surface area contributed by atoms with Crippen molar-refractivity contribution < 1.29 is 13.9 Å². The highest BCUT2D eigenvalue weighted by Gasteiger charge is 2.28. The van der Waals surface area contributed by atoms with E-state index in [0.29, 0.717) is 24.7 Å². The summed E-state index contributed by atoms with van der Waals surface area (Å²) in [6, 6.07) is 10.9. The first-order valence-electron chi connectivity index (χ1n) is 15.1. The highest BCUT2D eigenvalue weighted by molar-refractivity contribution is 5.94. The number of piperazine rings is 1. The largest absolute Gasteiger partial charge is 0.381 e. The van der Waals surface area contributed by atoms with Gasteiger partial charge < -0.3 is 24.3 Å². The van der Waals surface area contributed by atoms with E-state index in [1.54, 1.807) is 25.4 Å². The number of likely N-dealkylation sites (tertiary alicyclic amines) is 1. The standard InChI is InChI=1S/C32H40FN7O2/c1-22-19-25(31(41)39-13-10-27(42-3)11-14-39)21-34-30(22)38-17-15-37(16-18-38)29-20-28(24-6-8-26(33)9-7-24)35-32(36-29)40-12-4-5-23(40)2/h6-9,19-21,23,27H,4-5,10-18H2,1-3H3. The zero-order chi connectivity index (χ0) is 29.2. The van der Waals surface area contributed by atoms with Crippen LogP contribution in [0.1, 0.15) is 48.5 Å². The van der Waals surface area contributed by atoms with Crippen LogP contribution in [-0.2, 0) is 4.74 Å². The molecule has 0 spiro atoms. The van der Waals surface area contributed by atoms with Gasteiger partial charge in [0.15, 0.2) is 0 Å². The van der Waals surface area contributed by atoms with E-state index in [1.165, 1.54) is 12.1 Å². The van der Waals surface area contributed by atoms with Crippen molar-refractivity contribution in [2.24, 2.45) is 0 Å². The van der Waals surface area contributed by atoms with Crippen LogP contribution in [0.4, 0.5) is 22.0 Å². The molecule has 0 N–H and O–H groups in total. The molecule has 42 heavy (non-hydrogen) atoms. The number of aromatic nitrogens is 3. The Labute approximate surface area is 247 Å². The van der Waals surface area contributed by atoms with Gasteiger partial charge in [0, 0.05) is 76.8 Å². The smallest absolute Gasteiger partial charge is 0.255 e. The first-order chi connectivity index (χ1) is 20.4. The molecule has 3 saturated heterocycles.